The topological polar surface area (TPSA) is 142 Å². The van der Waals surface area contributed by atoms with Crippen LogP contribution in [0.5, 0.6) is 0 Å². The largest absolute Gasteiger partial charge is 0.454 e. The second-order valence-electron chi connectivity index (χ2n) is 7.09. The van der Waals surface area contributed by atoms with Gasteiger partial charge in [-0.2, -0.15) is 0 Å². The van der Waals surface area contributed by atoms with Crippen molar-refractivity contribution in [3.05, 3.63) is 23.2 Å². The number of nitrogens with one attached hydrogen (secondary N) is 2. The van der Waals surface area contributed by atoms with Gasteiger partial charge in [-0.05, 0) is 32.0 Å². The maximum absolute atomic E-state index is 12.3. The van der Waals surface area contributed by atoms with Gasteiger partial charge in [-0.15, -0.1) is 0 Å². The molecule has 2 N–H and O–H groups in total. The van der Waals surface area contributed by atoms with Crippen LogP contribution in [0.3, 0.4) is 0 Å². The fourth-order valence-corrected chi connectivity index (χ4v) is 3.85. The third-order valence-corrected chi connectivity index (χ3v) is 6.37. The second-order valence-corrected chi connectivity index (χ2v) is 9.62. The van der Waals surface area contributed by atoms with Gasteiger partial charge in [0.2, 0.25) is 10.0 Å². The third kappa shape index (κ3) is 5.07. The molecule has 164 valence electrons. The van der Waals surface area contributed by atoms with E-state index < -0.39 is 52.5 Å². The van der Waals surface area contributed by atoms with Crippen LogP contribution in [0.4, 0.5) is 10.5 Å². The minimum atomic E-state index is -3.84. The molecule has 0 radical (unpaired) electrons. The number of imide groups is 1. The number of ether oxygens (including phenoxy) is 1. The smallest absolute Gasteiger partial charge is 0.326 e. The first-order chi connectivity index (χ1) is 13.8. The predicted molar refractivity (Wildman–Crippen MR) is 106 cm³/mol. The van der Waals surface area contributed by atoms with Crippen LogP contribution < -0.4 is 10.6 Å². The number of rotatable bonds is 7. The molecule has 1 fully saturated rings. The van der Waals surface area contributed by atoms with Crippen LogP contribution >= 0.6 is 11.6 Å². The minimum Gasteiger partial charge on any atom is -0.454 e. The maximum Gasteiger partial charge on any atom is 0.326 e. The molecule has 0 spiro atoms. The van der Waals surface area contributed by atoms with Crippen LogP contribution in [0.25, 0.3) is 0 Å². The van der Waals surface area contributed by atoms with Crippen molar-refractivity contribution in [2.24, 2.45) is 0 Å². The number of carbonyl (C=O) groups is 4. The lowest BCUT2D eigenvalue weighted by Crippen LogP contribution is -2.41. The molecule has 1 aliphatic heterocycles. The third-order valence-electron chi connectivity index (χ3n) is 4.07. The Morgan fingerprint density at radius 2 is 1.90 bits per heavy atom. The van der Waals surface area contributed by atoms with Crippen LogP contribution in [0, 0.1) is 0 Å². The molecule has 0 saturated carbocycles. The number of urea groups is 1. The van der Waals surface area contributed by atoms with Gasteiger partial charge in [0.25, 0.3) is 11.8 Å². The molecule has 1 aromatic carbocycles. The van der Waals surface area contributed by atoms with E-state index in [-0.39, 0.29) is 15.6 Å². The molecule has 11 nitrogen and oxygen atoms in total. The zero-order valence-electron chi connectivity index (χ0n) is 16.7. The van der Waals surface area contributed by atoms with Crippen molar-refractivity contribution in [3.63, 3.8) is 0 Å². The summed E-state index contributed by atoms with van der Waals surface area (Å²) in [6.45, 7) is 1.63. The van der Waals surface area contributed by atoms with Gasteiger partial charge < -0.3 is 15.4 Å². The fraction of sp³-hybridized carbons (Fsp3) is 0.412. The van der Waals surface area contributed by atoms with Gasteiger partial charge in [-0.1, -0.05) is 11.6 Å². The van der Waals surface area contributed by atoms with Gasteiger partial charge in [-0.25, -0.2) is 17.5 Å². The summed E-state index contributed by atoms with van der Waals surface area (Å²) in [7, 11) is -1.16. The predicted octanol–water partition coefficient (Wildman–Crippen LogP) is 0.402. The van der Waals surface area contributed by atoms with Gasteiger partial charge in [0.1, 0.15) is 17.0 Å². The summed E-state index contributed by atoms with van der Waals surface area (Å²) < 4.78 is 30.3. The van der Waals surface area contributed by atoms with E-state index in [1.807, 2.05) is 0 Å². The molecule has 2 rings (SSSR count). The van der Waals surface area contributed by atoms with E-state index in [4.69, 9.17) is 16.3 Å². The van der Waals surface area contributed by atoms with Crippen LogP contribution in [0.2, 0.25) is 5.02 Å². The molecule has 1 aromatic rings. The number of carbonyl (C=O) groups excluding carboxylic acids is 4. The van der Waals surface area contributed by atoms with E-state index in [1.165, 1.54) is 46.1 Å². The lowest BCUT2D eigenvalue weighted by Gasteiger charge is -2.15. The number of amides is 4. The minimum absolute atomic E-state index is 0.0235. The van der Waals surface area contributed by atoms with Crippen LogP contribution in [0.15, 0.2) is 23.1 Å². The zero-order chi connectivity index (χ0) is 22.9. The molecule has 0 aliphatic carbocycles. The number of hydrogen-bond acceptors (Lipinski definition) is 7. The molecule has 30 heavy (non-hydrogen) atoms. The van der Waals surface area contributed by atoms with Crippen molar-refractivity contribution in [2.75, 3.05) is 32.6 Å². The molecule has 0 unspecified atom stereocenters. The quantitative estimate of drug-likeness (QED) is 0.443. The van der Waals surface area contributed by atoms with Gasteiger partial charge in [0, 0.05) is 19.8 Å². The van der Waals surface area contributed by atoms with Gasteiger partial charge >= 0.3 is 12.0 Å². The van der Waals surface area contributed by atoms with Crippen LogP contribution in [-0.2, 0) is 29.1 Å². The highest BCUT2D eigenvalue weighted by atomic mass is 35.5. The van der Waals surface area contributed by atoms with Gasteiger partial charge in [-0.3, -0.25) is 19.3 Å². The number of nitrogens with zero attached hydrogens (tertiary/aromatic N) is 2. The van der Waals surface area contributed by atoms with E-state index >= 15 is 0 Å². The molecule has 13 heteroatoms. The monoisotopic (exact) mass is 460 g/mol. The van der Waals surface area contributed by atoms with E-state index in [9.17, 15) is 27.6 Å². The molecule has 1 saturated heterocycles. The summed E-state index contributed by atoms with van der Waals surface area (Å²) in [5, 5.41) is 4.77. The van der Waals surface area contributed by atoms with Crippen LogP contribution in [0.1, 0.15) is 13.8 Å². The Balaban J connectivity index is 1.96. The average molecular weight is 461 g/mol. The molecule has 1 aliphatic rings. The number of benzene rings is 1. The molecule has 1 heterocycles. The van der Waals surface area contributed by atoms with E-state index in [0.717, 1.165) is 4.31 Å². The summed E-state index contributed by atoms with van der Waals surface area (Å²) in [4.78, 5) is 48.2. The first kappa shape index (κ1) is 23.6. The SMILES string of the molecule is CN(C)S(=O)(=O)c1cc(NC(=O)COC(=O)CN2C(=O)NC(C)(C)C2=O)ccc1Cl. The highest BCUT2D eigenvalue weighted by Crippen LogP contribution is 2.26. The Kier molecular flexibility index (Phi) is 6.74. The van der Waals surface area contributed by atoms with Crippen molar-refractivity contribution >= 4 is 51.1 Å². The van der Waals surface area contributed by atoms with Crippen LogP contribution in [-0.4, -0.2) is 74.2 Å². The lowest BCUT2D eigenvalue weighted by molar-refractivity contribution is -0.150. The first-order valence-electron chi connectivity index (χ1n) is 8.57. The normalized spacial score (nSPS) is 15.9. The Bertz CT molecular complexity index is 1010. The number of anilines is 1. The molecule has 0 bridgehead atoms. The van der Waals surface area contributed by atoms with Gasteiger partial charge in [0.05, 0.1) is 5.02 Å². The summed E-state index contributed by atoms with van der Waals surface area (Å²) in [5.74, 6) is -2.31. The highest BCUT2D eigenvalue weighted by Gasteiger charge is 2.45. The van der Waals surface area contributed by atoms with Crippen molar-refractivity contribution < 1.29 is 32.3 Å². The Hall–Kier alpha value is -2.70. The van der Waals surface area contributed by atoms with Crippen molar-refractivity contribution in [2.45, 2.75) is 24.3 Å². The summed E-state index contributed by atoms with van der Waals surface area (Å²) in [5.41, 5.74) is -1.01. The maximum atomic E-state index is 12.3. The molecular weight excluding hydrogens is 440 g/mol. The van der Waals surface area contributed by atoms with Crippen molar-refractivity contribution in [3.8, 4) is 0 Å². The summed E-state index contributed by atoms with van der Waals surface area (Å²) >= 11 is 5.94. The number of hydrogen-bond donors (Lipinski definition) is 2. The fourth-order valence-electron chi connectivity index (χ4n) is 2.45. The van der Waals surface area contributed by atoms with E-state index in [2.05, 4.69) is 10.6 Å². The number of sulfonamides is 1. The van der Waals surface area contributed by atoms with Gasteiger partial charge in [0.15, 0.2) is 6.61 Å². The highest BCUT2D eigenvalue weighted by molar-refractivity contribution is 7.89. The number of esters is 1. The molecular formula is C17H21ClN4O7S. The summed E-state index contributed by atoms with van der Waals surface area (Å²) in [6.07, 6.45) is 0. The average Bonchev–Trinajstić information content (AvgIpc) is 2.83. The van der Waals surface area contributed by atoms with Crippen molar-refractivity contribution in [1.29, 1.82) is 0 Å². The second kappa shape index (κ2) is 8.58. The first-order valence-corrected chi connectivity index (χ1v) is 10.4. The van der Waals surface area contributed by atoms with E-state index in [0.29, 0.717) is 4.90 Å². The number of halogens is 1. The lowest BCUT2D eigenvalue weighted by atomic mass is 10.1. The van der Waals surface area contributed by atoms with E-state index in [1.54, 1.807) is 0 Å². The Morgan fingerprint density at radius 1 is 1.27 bits per heavy atom. The molecule has 0 atom stereocenters. The summed E-state index contributed by atoms with van der Waals surface area (Å²) in [6, 6.07) is 3.12. The zero-order valence-corrected chi connectivity index (χ0v) is 18.3. The molecule has 4 amide bonds. The standard InChI is InChI=1S/C17H21ClN4O7S/c1-17(2)15(25)22(16(26)20-17)8-14(24)29-9-13(23)19-10-5-6-11(18)12(7-10)30(27,28)21(3)4/h5-7H,8-9H2,1-4H3,(H,19,23)(H,20,26). The Morgan fingerprint density at radius 3 is 2.43 bits per heavy atom. The molecule has 0 aromatic heterocycles. The Labute approximate surface area is 178 Å². The van der Waals surface area contributed by atoms with Crippen molar-refractivity contribution in [1.82, 2.24) is 14.5 Å².